The molecule has 1 unspecified atom stereocenters. The molecule has 1 aromatic heterocycles. The van der Waals surface area contributed by atoms with Crippen LogP contribution in [0, 0.1) is 0 Å². The normalized spacial score (nSPS) is 14.1. The first kappa shape index (κ1) is 19.3. The number of carbonyl (C=O) groups is 2. The number of benzene rings is 1. The van der Waals surface area contributed by atoms with E-state index in [1.807, 2.05) is 17.5 Å². The minimum atomic E-state index is -0.698. The lowest BCUT2D eigenvalue weighted by atomic mass is 10.1. The summed E-state index contributed by atoms with van der Waals surface area (Å²) >= 11 is 7.66. The molecule has 0 aliphatic carbocycles. The maximum Gasteiger partial charge on any atom is 0.312 e. The van der Waals surface area contributed by atoms with Crippen molar-refractivity contribution in [3.63, 3.8) is 0 Å². The fraction of sp³-hybridized carbons (Fsp3) is 0.333. The number of primary amides is 1. The summed E-state index contributed by atoms with van der Waals surface area (Å²) in [6, 6.07) is 5.86. The molecule has 9 heteroatoms. The van der Waals surface area contributed by atoms with E-state index in [-0.39, 0.29) is 13.0 Å². The van der Waals surface area contributed by atoms with Gasteiger partial charge < -0.3 is 25.3 Å². The lowest BCUT2D eigenvalue weighted by molar-refractivity contribution is -0.145. The molecule has 1 aliphatic rings. The molecule has 0 radical (unpaired) electrons. The van der Waals surface area contributed by atoms with Gasteiger partial charge in [-0.3, -0.25) is 4.79 Å². The molecule has 0 saturated heterocycles. The molecule has 0 spiro atoms. The van der Waals surface area contributed by atoms with Crippen molar-refractivity contribution in [2.45, 2.75) is 25.5 Å². The van der Waals surface area contributed by atoms with E-state index in [2.05, 4.69) is 5.32 Å². The second kappa shape index (κ2) is 8.96. The maximum absolute atomic E-state index is 12.2. The third-order valence-corrected chi connectivity index (χ3v) is 5.10. The Morgan fingerprint density at radius 2 is 2.15 bits per heavy atom. The van der Waals surface area contributed by atoms with Crippen molar-refractivity contribution in [1.82, 2.24) is 5.32 Å². The van der Waals surface area contributed by atoms with Crippen molar-refractivity contribution in [2.75, 3.05) is 13.2 Å². The van der Waals surface area contributed by atoms with Gasteiger partial charge in [0.1, 0.15) is 6.61 Å². The van der Waals surface area contributed by atoms with E-state index in [0.717, 1.165) is 11.3 Å². The van der Waals surface area contributed by atoms with Crippen molar-refractivity contribution >= 4 is 34.9 Å². The average molecular weight is 411 g/mol. The number of thiophene rings is 1. The molecule has 3 N–H and O–H groups in total. The Labute approximate surface area is 165 Å². The van der Waals surface area contributed by atoms with E-state index in [9.17, 15) is 9.59 Å². The van der Waals surface area contributed by atoms with E-state index >= 15 is 0 Å². The van der Waals surface area contributed by atoms with Gasteiger partial charge in [-0.1, -0.05) is 17.7 Å². The highest BCUT2D eigenvalue weighted by molar-refractivity contribution is 7.10. The van der Waals surface area contributed by atoms with Crippen molar-refractivity contribution in [2.24, 2.45) is 5.73 Å². The third kappa shape index (κ3) is 5.27. The summed E-state index contributed by atoms with van der Waals surface area (Å²) in [6.07, 6.45) is 0.744. The highest BCUT2D eigenvalue weighted by Gasteiger charge is 2.20. The SMILES string of the molecule is NC(=O)NC(CC(=O)OCc1cc(Cl)c2c(c1)OCCCO2)c1cccs1. The number of halogens is 1. The molecule has 7 nitrogen and oxygen atoms in total. The van der Waals surface area contributed by atoms with Gasteiger partial charge >= 0.3 is 12.0 Å². The molecule has 0 fully saturated rings. The van der Waals surface area contributed by atoms with Crippen molar-refractivity contribution in [3.05, 3.63) is 45.1 Å². The molecule has 2 amide bonds. The Hall–Kier alpha value is -2.45. The Morgan fingerprint density at radius 3 is 2.89 bits per heavy atom. The van der Waals surface area contributed by atoms with Crippen LogP contribution in [0.3, 0.4) is 0 Å². The zero-order valence-corrected chi connectivity index (χ0v) is 16.0. The predicted molar refractivity (Wildman–Crippen MR) is 101 cm³/mol. The topological polar surface area (TPSA) is 99.9 Å². The first-order chi connectivity index (χ1) is 13.0. The highest BCUT2D eigenvalue weighted by Crippen LogP contribution is 2.38. The van der Waals surface area contributed by atoms with Gasteiger partial charge in [-0.05, 0) is 29.1 Å². The Morgan fingerprint density at radius 1 is 1.33 bits per heavy atom. The molecule has 27 heavy (non-hydrogen) atoms. The van der Waals surface area contributed by atoms with E-state index in [0.29, 0.717) is 35.3 Å². The van der Waals surface area contributed by atoms with Gasteiger partial charge in [-0.25, -0.2) is 4.79 Å². The number of nitrogens with one attached hydrogen (secondary N) is 1. The molecule has 0 saturated carbocycles. The van der Waals surface area contributed by atoms with Crippen LogP contribution < -0.4 is 20.5 Å². The lowest BCUT2D eigenvalue weighted by Crippen LogP contribution is -2.34. The van der Waals surface area contributed by atoms with Crippen molar-refractivity contribution in [1.29, 1.82) is 0 Å². The van der Waals surface area contributed by atoms with Crippen LogP contribution in [0.4, 0.5) is 4.79 Å². The van der Waals surface area contributed by atoms with Crippen LogP contribution in [0.1, 0.15) is 29.3 Å². The molecule has 1 aliphatic heterocycles. The van der Waals surface area contributed by atoms with E-state index < -0.39 is 18.0 Å². The van der Waals surface area contributed by atoms with E-state index in [4.69, 9.17) is 31.5 Å². The number of rotatable bonds is 6. The molecule has 1 atom stereocenters. The summed E-state index contributed by atoms with van der Waals surface area (Å²) in [4.78, 5) is 24.2. The number of carbonyl (C=O) groups excluding carboxylic acids is 2. The standard InChI is InChI=1S/C18H19ClN2O5S/c19-12-7-11(8-14-17(12)25-5-2-4-24-14)10-26-16(22)9-13(21-18(20)23)15-3-1-6-27-15/h1,3,6-8,13H,2,4-5,9-10H2,(H3,20,21,23). The number of esters is 1. The van der Waals surface area contributed by atoms with Gasteiger partial charge in [0.15, 0.2) is 11.5 Å². The smallest absolute Gasteiger partial charge is 0.312 e. The second-order valence-corrected chi connectivity index (χ2v) is 7.28. The number of hydrogen-bond donors (Lipinski definition) is 2. The number of amides is 2. The Kier molecular flexibility index (Phi) is 6.41. The van der Waals surface area contributed by atoms with Gasteiger partial charge in [0.25, 0.3) is 0 Å². The number of urea groups is 1. The highest BCUT2D eigenvalue weighted by atomic mass is 35.5. The molecule has 0 bridgehead atoms. The van der Waals surface area contributed by atoms with Gasteiger partial charge in [0.2, 0.25) is 0 Å². The van der Waals surface area contributed by atoms with Gasteiger partial charge in [-0.2, -0.15) is 0 Å². The fourth-order valence-electron chi connectivity index (χ4n) is 2.64. The van der Waals surface area contributed by atoms with Crippen LogP contribution in [0.25, 0.3) is 0 Å². The van der Waals surface area contributed by atoms with Crippen molar-refractivity contribution < 1.29 is 23.8 Å². The average Bonchev–Trinajstić information content (AvgIpc) is 3.05. The summed E-state index contributed by atoms with van der Waals surface area (Å²) < 4.78 is 16.5. The molecule has 3 rings (SSSR count). The van der Waals surface area contributed by atoms with Gasteiger partial charge in [0, 0.05) is 11.3 Å². The van der Waals surface area contributed by atoms with Crippen LogP contribution in [-0.4, -0.2) is 25.2 Å². The quantitative estimate of drug-likeness (QED) is 0.711. The molecular weight excluding hydrogens is 392 g/mol. The molecule has 1 aromatic carbocycles. The number of fused-ring (bicyclic) bond motifs is 1. The summed E-state index contributed by atoms with van der Waals surface area (Å²) in [6.45, 7) is 1.11. The van der Waals surface area contributed by atoms with Crippen molar-refractivity contribution in [3.8, 4) is 11.5 Å². The second-order valence-electron chi connectivity index (χ2n) is 5.90. The van der Waals surface area contributed by atoms with Gasteiger partial charge in [-0.15, -0.1) is 11.3 Å². The largest absolute Gasteiger partial charge is 0.489 e. The molecule has 2 heterocycles. The molecular formula is C18H19ClN2O5S. The predicted octanol–water partition coefficient (Wildman–Crippen LogP) is 3.41. The van der Waals surface area contributed by atoms with E-state index in [1.54, 1.807) is 12.1 Å². The number of hydrogen-bond acceptors (Lipinski definition) is 6. The van der Waals surface area contributed by atoms with Crippen LogP contribution in [0.2, 0.25) is 5.02 Å². The Bertz CT molecular complexity index is 812. The monoisotopic (exact) mass is 410 g/mol. The summed E-state index contributed by atoms with van der Waals surface area (Å²) in [5.74, 6) is 0.580. The molecule has 144 valence electrons. The maximum atomic E-state index is 12.2. The first-order valence-corrected chi connectivity index (χ1v) is 9.61. The lowest BCUT2D eigenvalue weighted by Gasteiger charge is -2.16. The van der Waals surface area contributed by atoms with Crippen LogP contribution in [-0.2, 0) is 16.1 Å². The number of nitrogens with two attached hydrogens (primary N) is 1. The van der Waals surface area contributed by atoms with Gasteiger partial charge in [0.05, 0.1) is 30.7 Å². The fourth-order valence-corrected chi connectivity index (χ4v) is 3.71. The van der Waals surface area contributed by atoms with E-state index in [1.165, 1.54) is 11.3 Å². The van der Waals surface area contributed by atoms with Crippen LogP contribution in [0.15, 0.2) is 29.6 Å². The zero-order valence-electron chi connectivity index (χ0n) is 14.4. The van der Waals surface area contributed by atoms with Crippen LogP contribution >= 0.6 is 22.9 Å². The zero-order chi connectivity index (χ0) is 19.2. The summed E-state index contributed by atoms with van der Waals surface area (Å²) in [5.41, 5.74) is 5.88. The molecule has 2 aromatic rings. The minimum Gasteiger partial charge on any atom is -0.489 e. The Balaban J connectivity index is 1.62. The number of ether oxygens (including phenoxy) is 3. The minimum absolute atomic E-state index is 0.0261. The third-order valence-electron chi connectivity index (χ3n) is 3.84. The summed E-state index contributed by atoms with van der Waals surface area (Å²) in [7, 11) is 0. The van der Waals surface area contributed by atoms with Crippen LogP contribution in [0.5, 0.6) is 11.5 Å². The first-order valence-electron chi connectivity index (χ1n) is 8.36. The summed E-state index contributed by atoms with van der Waals surface area (Å²) in [5, 5.41) is 4.83.